The van der Waals surface area contributed by atoms with Crippen molar-refractivity contribution < 1.29 is 9.18 Å². The zero-order chi connectivity index (χ0) is 16.5. The number of carbonyl (C=O) groups is 1. The van der Waals surface area contributed by atoms with Crippen LogP contribution in [0.15, 0.2) is 24.5 Å². The number of hydrogen-bond donors (Lipinski definition) is 0. The molecular formula is C18H21FN4O. The quantitative estimate of drug-likeness (QED) is 0.850. The second-order valence-electron chi connectivity index (χ2n) is 6.65. The minimum Gasteiger partial charge on any atom is -0.354 e. The first-order valence-electron chi connectivity index (χ1n) is 8.66. The molecule has 0 spiro atoms. The Labute approximate surface area is 140 Å². The molecular weight excluding hydrogens is 307 g/mol. The Morgan fingerprint density at radius 3 is 2.75 bits per heavy atom. The maximum Gasteiger partial charge on any atom is 0.225 e. The summed E-state index contributed by atoms with van der Waals surface area (Å²) < 4.78 is 13.6. The number of halogens is 1. The van der Waals surface area contributed by atoms with Crippen molar-refractivity contribution in [3.8, 4) is 0 Å². The first kappa shape index (κ1) is 15.3. The normalized spacial score (nSPS) is 19.2. The SMILES string of the molecule is O=C(C1CCC1)N1CCCN(c2ncnc3ccc(F)cc23)CC1. The fourth-order valence-electron chi connectivity index (χ4n) is 3.53. The van der Waals surface area contributed by atoms with Gasteiger partial charge in [-0.2, -0.15) is 0 Å². The smallest absolute Gasteiger partial charge is 0.225 e. The van der Waals surface area contributed by atoms with Crippen molar-refractivity contribution in [1.29, 1.82) is 0 Å². The van der Waals surface area contributed by atoms with E-state index in [0.717, 1.165) is 55.6 Å². The number of anilines is 1. The molecule has 2 heterocycles. The van der Waals surface area contributed by atoms with Crippen molar-refractivity contribution in [3.05, 3.63) is 30.3 Å². The Kier molecular flexibility index (Phi) is 4.04. The van der Waals surface area contributed by atoms with Crippen LogP contribution >= 0.6 is 0 Å². The largest absolute Gasteiger partial charge is 0.354 e. The van der Waals surface area contributed by atoms with E-state index in [0.29, 0.717) is 12.5 Å². The monoisotopic (exact) mass is 328 g/mol. The van der Waals surface area contributed by atoms with E-state index in [1.165, 1.54) is 24.9 Å². The van der Waals surface area contributed by atoms with E-state index in [1.807, 2.05) is 4.90 Å². The molecule has 6 heteroatoms. The van der Waals surface area contributed by atoms with Crippen LogP contribution in [-0.2, 0) is 4.79 Å². The standard InChI is InChI=1S/C18H21FN4O/c19-14-5-6-16-15(11-14)17(21-12-20-16)22-7-2-8-23(10-9-22)18(24)13-3-1-4-13/h5-6,11-13H,1-4,7-10H2. The molecule has 126 valence electrons. The molecule has 1 aliphatic heterocycles. The van der Waals surface area contributed by atoms with Crippen molar-refractivity contribution in [2.45, 2.75) is 25.7 Å². The fraction of sp³-hybridized carbons (Fsp3) is 0.500. The van der Waals surface area contributed by atoms with E-state index in [-0.39, 0.29) is 11.7 Å². The minimum absolute atomic E-state index is 0.241. The number of nitrogens with zero attached hydrogens (tertiary/aromatic N) is 4. The van der Waals surface area contributed by atoms with Gasteiger partial charge < -0.3 is 9.80 Å². The van der Waals surface area contributed by atoms with Gasteiger partial charge in [-0.1, -0.05) is 6.42 Å². The summed E-state index contributed by atoms with van der Waals surface area (Å²) in [6.07, 6.45) is 5.68. The van der Waals surface area contributed by atoms with E-state index < -0.39 is 0 Å². The molecule has 5 nitrogen and oxygen atoms in total. The zero-order valence-corrected chi connectivity index (χ0v) is 13.6. The maximum atomic E-state index is 13.6. The summed E-state index contributed by atoms with van der Waals surface area (Å²) in [4.78, 5) is 25.2. The molecule has 0 N–H and O–H groups in total. The lowest BCUT2D eigenvalue weighted by atomic mass is 9.84. The summed E-state index contributed by atoms with van der Waals surface area (Å²) >= 11 is 0. The Balaban J connectivity index is 1.55. The second kappa shape index (κ2) is 6.34. The number of fused-ring (bicyclic) bond motifs is 1. The topological polar surface area (TPSA) is 49.3 Å². The van der Waals surface area contributed by atoms with Gasteiger partial charge in [-0.25, -0.2) is 14.4 Å². The molecule has 1 aliphatic carbocycles. The average Bonchev–Trinajstić information content (AvgIpc) is 2.78. The van der Waals surface area contributed by atoms with Crippen LogP contribution in [0.3, 0.4) is 0 Å². The highest BCUT2D eigenvalue weighted by Crippen LogP contribution is 2.29. The molecule has 0 radical (unpaired) electrons. The van der Waals surface area contributed by atoms with Crippen molar-refractivity contribution in [3.63, 3.8) is 0 Å². The second-order valence-corrected chi connectivity index (χ2v) is 6.65. The molecule has 1 saturated heterocycles. The lowest BCUT2D eigenvalue weighted by Crippen LogP contribution is -2.41. The molecule has 0 atom stereocenters. The highest BCUT2D eigenvalue weighted by atomic mass is 19.1. The van der Waals surface area contributed by atoms with Gasteiger partial charge in [0.1, 0.15) is 18.0 Å². The highest BCUT2D eigenvalue weighted by Gasteiger charge is 2.30. The van der Waals surface area contributed by atoms with Crippen LogP contribution in [0.5, 0.6) is 0 Å². The number of rotatable bonds is 2. The van der Waals surface area contributed by atoms with Crippen LogP contribution in [0.2, 0.25) is 0 Å². The van der Waals surface area contributed by atoms with Crippen molar-refractivity contribution in [1.82, 2.24) is 14.9 Å². The minimum atomic E-state index is -0.282. The predicted octanol–water partition coefficient (Wildman–Crippen LogP) is 2.61. The molecule has 0 bridgehead atoms. The van der Waals surface area contributed by atoms with Gasteiger partial charge in [0.2, 0.25) is 5.91 Å². The molecule has 2 fully saturated rings. The first-order chi connectivity index (χ1) is 11.7. The number of carbonyl (C=O) groups excluding carboxylic acids is 1. The number of aromatic nitrogens is 2. The third-order valence-corrected chi connectivity index (χ3v) is 5.14. The summed E-state index contributed by atoms with van der Waals surface area (Å²) in [5.74, 6) is 1.03. The van der Waals surface area contributed by atoms with Crippen molar-refractivity contribution >= 4 is 22.6 Å². The summed E-state index contributed by atoms with van der Waals surface area (Å²) in [6.45, 7) is 3.04. The van der Waals surface area contributed by atoms with Crippen LogP contribution in [-0.4, -0.2) is 47.0 Å². The molecule has 0 unspecified atom stereocenters. The Hall–Kier alpha value is -2.24. The molecule has 1 saturated carbocycles. The van der Waals surface area contributed by atoms with Crippen LogP contribution in [0, 0.1) is 11.7 Å². The van der Waals surface area contributed by atoms with Crippen molar-refractivity contribution in [2.75, 3.05) is 31.1 Å². The van der Waals surface area contributed by atoms with E-state index in [4.69, 9.17) is 0 Å². The van der Waals surface area contributed by atoms with Gasteiger partial charge >= 0.3 is 0 Å². The third kappa shape index (κ3) is 2.81. The van der Waals surface area contributed by atoms with Crippen LogP contribution in [0.25, 0.3) is 10.9 Å². The highest BCUT2D eigenvalue weighted by molar-refractivity contribution is 5.89. The Bertz CT molecular complexity index is 762. The molecule has 24 heavy (non-hydrogen) atoms. The van der Waals surface area contributed by atoms with E-state index >= 15 is 0 Å². The number of benzene rings is 1. The van der Waals surface area contributed by atoms with Gasteiger partial charge in [0.25, 0.3) is 0 Å². The Morgan fingerprint density at radius 1 is 1.08 bits per heavy atom. The first-order valence-corrected chi connectivity index (χ1v) is 8.66. The molecule has 1 aromatic heterocycles. The predicted molar refractivity (Wildman–Crippen MR) is 90.2 cm³/mol. The van der Waals surface area contributed by atoms with Gasteiger partial charge in [0.15, 0.2) is 0 Å². The molecule has 2 aliphatic rings. The zero-order valence-electron chi connectivity index (χ0n) is 13.6. The van der Waals surface area contributed by atoms with E-state index in [1.54, 1.807) is 6.07 Å². The lowest BCUT2D eigenvalue weighted by molar-refractivity contribution is -0.137. The Morgan fingerprint density at radius 2 is 1.96 bits per heavy atom. The average molecular weight is 328 g/mol. The molecule has 1 aromatic carbocycles. The summed E-state index contributed by atoms with van der Waals surface area (Å²) in [7, 11) is 0. The van der Waals surface area contributed by atoms with Gasteiger partial charge in [-0.3, -0.25) is 4.79 Å². The van der Waals surface area contributed by atoms with Crippen LogP contribution in [0.1, 0.15) is 25.7 Å². The van der Waals surface area contributed by atoms with E-state index in [9.17, 15) is 9.18 Å². The number of amides is 1. The maximum absolute atomic E-state index is 13.6. The van der Waals surface area contributed by atoms with Crippen molar-refractivity contribution in [2.24, 2.45) is 5.92 Å². The van der Waals surface area contributed by atoms with Gasteiger partial charge in [-0.15, -0.1) is 0 Å². The van der Waals surface area contributed by atoms with E-state index in [2.05, 4.69) is 14.9 Å². The summed E-state index contributed by atoms with van der Waals surface area (Å²) in [6, 6.07) is 4.59. The number of hydrogen-bond acceptors (Lipinski definition) is 4. The molecule has 2 aromatic rings. The van der Waals surface area contributed by atoms with Gasteiger partial charge in [-0.05, 0) is 37.5 Å². The molecule has 4 rings (SSSR count). The molecule has 1 amide bonds. The lowest BCUT2D eigenvalue weighted by Gasteiger charge is -2.31. The summed E-state index contributed by atoms with van der Waals surface area (Å²) in [5, 5.41) is 0.733. The van der Waals surface area contributed by atoms with Crippen LogP contribution in [0.4, 0.5) is 10.2 Å². The van der Waals surface area contributed by atoms with Crippen LogP contribution < -0.4 is 4.90 Å². The third-order valence-electron chi connectivity index (χ3n) is 5.14. The fourth-order valence-corrected chi connectivity index (χ4v) is 3.53. The van der Waals surface area contributed by atoms with Gasteiger partial charge in [0, 0.05) is 37.5 Å². The van der Waals surface area contributed by atoms with Gasteiger partial charge in [0.05, 0.1) is 5.52 Å². The summed E-state index contributed by atoms with van der Waals surface area (Å²) in [5.41, 5.74) is 0.744.